The smallest absolute Gasteiger partial charge is 0.162 e. The van der Waals surface area contributed by atoms with Crippen LogP contribution in [0.15, 0.2) is 18.2 Å². The van der Waals surface area contributed by atoms with Crippen LogP contribution in [0.5, 0.6) is 0 Å². The molecule has 18 heavy (non-hydrogen) atoms. The second-order valence-electron chi connectivity index (χ2n) is 4.67. The van der Waals surface area contributed by atoms with E-state index in [1.54, 1.807) is 0 Å². The highest BCUT2D eigenvalue weighted by Crippen LogP contribution is 2.33. The third-order valence-corrected chi connectivity index (χ3v) is 4.21. The van der Waals surface area contributed by atoms with Crippen molar-refractivity contribution < 1.29 is 0 Å². The van der Waals surface area contributed by atoms with Crippen molar-refractivity contribution in [3.63, 3.8) is 0 Å². The standard InChI is InChI=1S/C14H15N3S/c1-8-3-4-9(2)10(5-8)14-16-12-7-18-6-11(12)13(15)17-14/h3-5H,6-7H2,1-2H3,(H2,15,16,17). The first-order valence-corrected chi connectivity index (χ1v) is 7.11. The molecule has 0 aliphatic carbocycles. The van der Waals surface area contributed by atoms with Gasteiger partial charge in [-0.05, 0) is 25.5 Å². The summed E-state index contributed by atoms with van der Waals surface area (Å²) in [6.45, 7) is 4.16. The molecule has 92 valence electrons. The number of benzene rings is 1. The average molecular weight is 257 g/mol. The van der Waals surface area contributed by atoms with Crippen molar-refractivity contribution in [2.45, 2.75) is 25.4 Å². The largest absolute Gasteiger partial charge is 0.383 e. The fourth-order valence-corrected chi connectivity index (χ4v) is 3.23. The van der Waals surface area contributed by atoms with E-state index in [9.17, 15) is 0 Å². The van der Waals surface area contributed by atoms with Gasteiger partial charge in [-0.2, -0.15) is 11.8 Å². The molecule has 3 rings (SSSR count). The fourth-order valence-electron chi connectivity index (χ4n) is 2.17. The van der Waals surface area contributed by atoms with Crippen LogP contribution in [0.2, 0.25) is 0 Å². The van der Waals surface area contributed by atoms with Crippen molar-refractivity contribution in [3.8, 4) is 11.4 Å². The summed E-state index contributed by atoms with van der Waals surface area (Å²) < 4.78 is 0. The minimum absolute atomic E-state index is 0.640. The van der Waals surface area contributed by atoms with Crippen molar-refractivity contribution in [1.29, 1.82) is 0 Å². The summed E-state index contributed by atoms with van der Waals surface area (Å²) in [5.74, 6) is 3.28. The zero-order chi connectivity index (χ0) is 12.7. The lowest BCUT2D eigenvalue weighted by molar-refractivity contribution is 1.08. The molecule has 0 bridgehead atoms. The van der Waals surface area contributed by atoms with Gasteiger partial charge < -0.3 is 5.73 Å². The van der Waals surface area contributed by atoms with Crippen LogP contribution in [-0.4, -0.2) is 9.97 Å². The van der Waals surface area contributed by atoms with Crippen LogP contribution in [-0.2, 0) is 11.5 Å². The van der Waals surface area contributed by atoms with Gasteiger partial charge in [0.05, 0.1) is 5.69 Å². The minimum atomic E-state index is 0.640. The van der Waals surface area contributed by atoms with Gasteiger partial charge in [0.2, 0.25) is 0 Å². The monoisotopic (exact) mass is 257 g/mol. The third-order valence-electron chi connectivity index (χ3n) is 3.24. The molecular formula is C14H15N3S. The SMILES string of the molecule is Cc1ccc(C)c(-c2nc(N)c3c(n2)CSC3)c1. The number of aryl methyl sites for hydroxylation is 2. The molecule has 2 N–H and O–H groups in total. The van der Waals surface area contributed by atoms with E-state index in [0.29, 0.717) is 5.82 Å². The van der Waals surface area contributed by atoms with Gasteiger partial charge in [-0.15, -0.1) is 0 Å². The summed E-state index contributed by atoms with van der Waals surface area (Å²) in [5.41, 5.74) is 11.7. The van der Waals surface area contributed by atoms with Crippen LogP contribution in [0, 0.1) is 13.8 Å². The molecule has 0 spiro atoms. The molecule has 0 atom stereocenters. The zero-order valence-electron chi connectivity index (χ0n) is 10.5. The van der Waals surface area contributed by atoms with E-state index in [1.807, 2.05) is 11.8 Å². The molecular weight excluding hydrogens is 242 g/mol. The Kier molecular flexibility index (Phi) is 2.74. The van der Waals surface area contributed by atoms with Crippen LogP contribution in [0.25, 0.3) is 11.4 Å². The van der Waals surface area contributed by atoms with Gasteiger partial charge in [-0.25, -0.2) is 9.97 Å². The Morgan fingerprint density at radius 3 is 2.83 bits per heavy atom. The van der Waals surface area contributed by atoms with E-state index in [1.165, 1.54) is 11.1 Å². The number of anilines is 1. The molecule has 2 heterocycles. The van der Waals surface area contributed by atoms with Gasteiger partial charge in [-0.1, -0.05) is 17.7 Å². The van der Waals surface area contributed by atoms with E-state index in [2.05, 4.69) is 42.0 Å². The molecule has 1 aliphatic rings. The summed E-state index contributed by atoms with van der Waals surface area (Å²) in [7, 11) is 0. The van der Waals surface area contributed by atoms with E-state index in [4.69, 9.17) is 5.73 Å². The van der Waals surface area contributed by atoms with Gasteiger partial charge >= 0.3 is 0 Å². The number of nitrogens with two attached hydrogens (primary N) is 1. The molecule has 0 fully saturated rings. The van der Waals surface area contributed by atoms with Gasteiger partial charge in [0, 0.05) is 22.6 Å². The quantitative estimate of drug-likeness (QED) is 0.853. The number of hydrogen-bond acceptors (Lipinski definition) is 4. The number of hydrogen-bond donors (Lipinski definition) is 1. The Morgan fingerprint density at radius 2 is 2.00 bits per heavy atom. The van der Waals surface area contributed by atoms with Gasteiger partial charge in [-0.3, -0.25) is 0 Å². The molecule has 1 aromatic carbocycles. The Labute approximate surface area is 111 Å². The number of aromatic nitrogens is 2. The zero-order valence-corrected chi connectivity index (χ0v) is 11.3. The predicted octanol–water partition coefficient (Wildman–Crippen LogP) is 3.09. The van der Waals surface area contributed by atoms with Crippen molar-refractivity contribution in [2.24, 2.45) is 0 Å². The molecule has 0 unspecified atom stereocenters. The van der Waals surface area contributed by atoms with Crippen LogP contribution in [0.1, 0.15) is 22.4 Å². The predicted molar refractivity (Wildman–Crippen MR) is 76.4 cm³/mol. The first kappa shape index (κ1) is 11.5. The summed E-state index contributed by atoms with van der Waals surface area (Å²) in [6, 6.07) is 6.33. The highest BCUT2D eigenvalue weighted by Gasteiger charge is 2.19. The normalized spacial score (nSPS) is 13.7. The molecule has 1 aliphatic heterocycles. The van der Waals surface area contributed by atoms with Crippen molar-refractivity contribution in [3.05, 3.63) is 40.6 Å². The second-order valence-corrected chi connectivity index (χ2v) is 5.65. The summed E-state index contributed by atoms with van der Waals surface area (Å²) >= 11 is 1.85. The average Bonchev–Trinajstić information content (AvgIpc) is 2.81. The summed E-state index contributed by atoms with van der Waals surface area (Å²) in [6.07, 6.45) is 0. The highest BCUT2D eigenvalue weighted by atomic mass is 32.2. The van der Waals surface area contributed by atoms with E-state index < -0.39 is 0 Å². The first-order chi connectivity index (χ1) is 8.65. The van der Waals surface area contributed by atoms with Crippen molar-refractivity contribution in [2.75, 3.05) is 5.73 Å². The maximum absolute atomic E-state index is 6.03. The molecule has 0 saturated heterocycles. The van der Waals surface area contributed by atoms with Crippen molar-refractivity contribution in [1.82, 2.24) is 9.97 Å². The van der Waals surface area contributed by atoms with Crippen LogP contribution in [0.4, 0.5) is 5.82 Å². The maximum Gasteiger partial charge on any atom is 0.162 e. The number of nitrogens with zero attached hydrogens (tertiary/aromatic N) is 2. The number of fused-ring (bicyclic) bond motifs is 1. The lowest BCUT2D eigenvalue weighted by atomic mass is 10.0. The maximum atomic E-state index is 6.03. The Balaban J connectivity index is 2.18. The highest BCUT2D eigenvalue weighted by molar-refractivity contribution is 7.98. The fraction of sp³-hybridized carbons (Fsp3) is 0.286. The summed E-state index contributed by atoms with van der Waals surface area (Å²) in [5, 5.41) is 0. The topological polar surface area (TPSA) is 51.8 Å². The van der Waals surface area contributed by atoms with Crippen molar-refractivity contribution >= 4 is 17.6 Å². The Morgan fingerprint density at radius 1 is 1.17 bits per heavy atom. The molecule has 0 amide bonds. The van der Waals surface area contributed by atoms with Gasteiger partial charge in [0.25, 0.3) is 0 Å². The van der Waals surface area contributed by atoms with Gasteiger partial charge in [0.15, 0.2) is 5.82 Å². The minimum Gasteiger partial charge on any atom is -0.383 e. The first-order valence-electron chi connectivity index (χ1n) is 5.96. The summed E-state index contributed by atoms with van der Waals surface area (Å²) in [4.78, 5) is 9.14. The number of thioether (sulfide) groups is 1. The van der Waals surface area contributed by atoms with E-state index in [-0.39, 0.29) is 0 Å². The molecule has 3 nitrogen and oxygen atoms in total. The Bertz CT molecular complexity index is 623. The lowest BCUT2D eigenvalue weighted by Gasteiger charge is -2.09. The molecule has 0 radical (unpaired) electrons. The molecule has 4 heteroatoms. The molecule has 0 saturated carbocycles. The van der Waals surface area contributed by atoms with Crippen LogP contribution >= 0.6 is 11.8 Å². The van der Waals surface area contributed by atoms with Crippen LogP contribution < -0.4 is 5.73 Å². The van der Waals surface area contributed by atoms with Crippen LogP contribution in [0.3, 0.4) is 0 Å². The molecule has 1 aromatic heterocycles. The third kappa shape index (κ3) is 1.86. The Hall–Kier alpha value is -1.55. The number of rotatable bonds is 1. The second kappa shape index (κ2) is 4.28. The lowest BCUT2D eigenvalue weighted by Crippen LogP contribution is -2.03. The van der Waals surface area contributed by atoms with E-state index in [0.717, 1.165) is 34.2 Å². The number of nitrogen functional groups attached to an aromatic ring is 1. The molecule has 2 aromatic rings. The van der Waals surface area contributed by atoms with E-state index >= 15 is 0 Å². The van der Waals surface area contributed by atoms with Gasteiger partial charge in [0.1, 0.15) is 5.82 Å².